The molecule has 3 heteroatoms. The maximum Gasteiger partial charge on any atom is 0.231 e. The van der Waals surface area contributed by atoms with E-state index in [4.69, 9.17) is 9.47 Å². The van der Waals surface area contributed by atoms with Crippen LogP contribution in [0.15, 0.2) is 30.9 Å². The minimum Gasteiger partial charge on any atom is -0.454 e. The molecule has 3 nitrogen and oxygen atoms in total. The highest BCUT2D eigenvalue weighted by Gasteiger charge is 2.16. The molecule has 0 spiro atoms. The first-order valence-corrected chi connectivity index (χ1v) is 6.47. The zero-order chi connectivity index (χ0) is 13.0. The van der Waals surface area contributed by atoms with Gasteiger partial charge < -0.3 is 14.8 Å². The molecular formula is C15H21NO2. The van der Waals surface area contributed by atoms with Crippen molar-refractivity contribution < 1.29 is 9.47 Å². The third kappa shape index (κ3) is 3.05. The van der Waals surface area contributed by atoms with E-state index in [1.165, 1.54) is 5.56 Å². The van der Waals surface area contributed by atoms with Crippen molar-refractivity contribution >= 4 is 0 Å². The molecule has 0 radical (unpaired) electrons. The molecular weight excluding hydrogens is 226 g/mol. The maximum absolute atomic E-state index is 5.40. The SMILES string of the molecule is C=CCCC(C)NC(C)c1ccc2c(c1)OCO2. The van der Waals surface area contributed by atoms with E-state index in [9.17, 15) is 0 Å². The van der Waals surface area contributed by atoms with Crippen molar-refractivity contribution in [1.82, 2.24) is 5.32 Å². The van der Waals surface area contributed by atoms with E-state index in [0.717, 1.165) is 24.3 Å². The van der Waals surface area contributed by atoms with Crippen molar-refractivity contribution in [2.45, 2.75) is 38.8 Å². The first-order valence-electron chi connectivity index (χ1n) is 6.47. The van der Waals surface area contributed by atoms with Gasteiger partial charge in [-0.15, -0.1) is 6.58 Å². The van der Waals surface area contributed by atoms with Gasteiger partial charge in [-0.1, -0.05) is 12.1 Å². The molecule has 2 atom stereocenters. The minimum atomic E-state index is 0.305. The second-order valence-electron chi connectivity index (χ2n) is 4.77. The molecule has 0 aliphatic carbocycles. The molecule has 18 heavy (non-hydrogen) atoms. The molecule has 0 fully saturated rings. The summed E-state index contributed by atoms with van der Waals surface area (Å²) in [6.45, 7) is 8.45. The fourth-order valence-corrected chi connectivity index (χ4v) is 2.16. The summed E-state index contributed by atoms with van der Waals surface area (Å²) in [5.74, 6) is 1.69. The van der Waals surface area contributed by atoms with E-state index in [-0.39, 0.29) is 0 Å². The fourth-order valence-electron chi connectivity index (χ4n) is 2.16. The average molecular weight is 247 g/mol. The second-order valence-corrected chi connectivity index (χ2v) is 4.77. The van der Waals surface area contributed by atoms with E-state index in [0.29, 0.717) is 18.9 Å². The number of rotatable bonds is 6. The lowest BCUT2D eigenvalue weighted by Gasteiger charge is -2.20. The monoisotopic (exact) mass is 247 g/mol. The van der Waals surface area contributed by atoms with Crippen LogP contribution >= 0.6 is 0 Å². The van der Waals surface area contributed by atoms with E-state index in [1.807, 2.05) is 12.1 Å². The van der Waals surface area contributed by atoms with Crippen LogP contribution in [0.3, 0.4) is 0 Å². The van der Waals surface area contributed by atoms with E-state index in [1.54, 1.807) is 0 Å². The van der Waals surface area contributed by atoms with Crippen molar-refractivity contribution in [2.24, 2.45) is 0 Å². The lowest BCUT2D eigenvalue weighted by Crippen LogP contribution is -2.28. The predicted molar refractivity (Wildman–Crippen MR) is 73.0 cm³/mol. The van der Waals surface area contributed by atoms with Crippen LogP contribution in [0.4, 0.5) is 0 Å². The van der Waals surface area contributed by atoms with Gasteiger partial charge in [-0.25, -0.2) is 0 Å². The molecule has 2 unspecified atom stereocenters. The Morgan fingerprint density at radius 1 is 1.33 bits per heavy atom. The van der Waals surface area contributed by atoms with Gasteiger partial charge in [0.2, 0.25) is 6.79 Å². The van der Waals surface area contributed by atoms with E-state index in [2.05, 4.69) is 37.9 Å². The lowest BCUT2D eigenvalue weighted by molar-refractivity contribution is 0.174. The quantitative estimate of drug-likeness (QED) is 0.781. The predicted octanol–water partition coefficient (Wildman–Crippen LogP) is 3.42. The molecule has 2 rings (SSSR count). The van der Waals surface area contributed by atoms with Gasteiger partial charge in [0.25, 0.3) is 0 Å². The van der Waals surface area contributed by atoms with Gasteiger partial charge in [-0.05, 0) is 44.4 Å². The molecule has 0 saturated carbocycles. The molecule has 0 bridgehead atoms. The Hall–Kier alpha value is -1.48. The Balaban J connectivity index is 1.96. The largest absolute Gasteiger partial charge is 0.454 e. The Morgan fingerprint density at radius 2 is 2.11 bits per heavy atom. The third-order valence-corrected chi connectivity index (χ3v) is 3.23. The van der Waals surface area contributed by atoms with Gasteiger partial charge in [0, 0.05) is 12.1 Å². The summed E-state index contributed by atoms with van der Waals surface area (Å²) >= 11 is 0. The van der Waals surface area contributed by atoms with Gasteiger partial charge in [-0.2, -0.15) is 0 Å². The maximum atomic E-state index is 5.40. The molecule has 98 valence electrons. The summed E-state index contributed by atoms with van der Waals surface area (Å²) in [5, 5.41) is 3.58. The highest BCUT2D eigenvalue weighted by molar-refractivity contribution is 5.45. The highest BCUT2D eigenvalue weighted by Crippen LogP contribution is 2.34. The van der Waals surface area contributed by atoms with Crippen LogP contribution in [0.5, 0.6) is 11.5 Å². The summed E-state index contributed by atoms with van der Waals surface area (Å²) in [4.78, 5) is 0. The Labute approximate surface area is 109 Å². The zero-order valence-corrected chi connectivity index (χ0v) is 11.1. The van der Waals surface area contributed by atoms with Crippen molar-refractivity contribution in [3.63, 3.8) is 0 Å². The van der Waals surface area contributed by atoms with Crippen LogP contribution in [0.25, 0.3) is 0 Å². The molecule has 0 amide bonds. The topological polar surface area (TPSA) is 30.5 Å². The van der Waals surface area contributed by atoms with E-state index < -0.39 is 0 Å². The third-order valence-electron chi connectivity index (χ3n) is 3.23. The Bertz CT molecular complexity index is 417. The Morgan fingerprint density at radius 3 is 2.89 bits per heavy atom. The van der Waals surface area contributed by atoms with Crippen molar-refractivity contribution in [2.75, 3.05) is 6.79 Å². The Kier molecular flexibility index (Phi) is 4.26. The summed E-state index contributed by atoms with van der Waals surface area (Å²) in [5.41, 5.74) is 1.23. The molecule has 1 aromatic carbocycles. The van der Waals surface area contributed by atoms with Crippen LogP contribution < -0.4 is 14.8 Å². The number of allylic oxidation sites excluding steroid dienone is 1. The van der Waals surface area contributed by atoms with Crippen LogP contribution in [0, 0.1) is 0 Å². The normalized spacial score (nSPS) is 16.3. The van der Waals surface area contributed by atoms with Crippen molar-refractivity contribution in [1.29, 1.82) is 0 Å². The number of hydrogen-bond acceptors (Lipinski definition) is 3. The number of ether oxygens (including phenoxy) is 2. The first kappa shape index (κ1) is 13.0. The van der Waals surface area contributed by atoms with Crippen LogP contribution in [-0.4, -0.2) is 12.8 Å². The second kappa shape index (κ2) is 5.91. The van der Waals surface area contributed by atoms with Gasteiger partial charge in [0.1, 0.15) is 0 Å². The molecule has 0 aromatic heterocycles. The number of hydrogen-bond donors (Lipinski definition) is 1. The lowest BCUT2D eigenvalue weighted by atomic mass is 10.1. The summed E-state index contributed by atoms with van der Waals surface area (Å²) in [6, 6.07) is 6.90. The highest BCUT2D eigenvalue weighted by atomic mass is 16.7. The summed E-state index contributed by atoms with van der Waals surface area (Å²) in [6.07, 6.45) is 4.11. The fraction of sp³-hybridized carbons (Fsp3) is 0.467. The zero-order valence-electron chi connectivity index (χ0n) is 11.1. The summed E-state index contributed by atoms with van der Waals surface area (Å²) < 4.78 is 10.7. The van der Waals surface area contributed by atoms with Crippen LogP contribution in [0.1, 0.15) is 38.3 Å². The number of benzene rings is 1. The standard InChI is InChI=1S/C15H21NO2/c1-4-5-6-11(2)16-12(3)13-7-8-14-15(9-13)18-10-17-14/h4,7-9,11-12,16H,1,5-6,10H2,2-3H3. The summed E-state index contributed by atoms with van der Waals surface area (Å²) in [7, 11) is 0. The average Bonchev–Trinajstić information content (AvgIpc) is 2.83. The van der Waals surface area contributed by atoms with Crippen molar-refractivity contribution in [3.05, 3.63) is 36.4 Å². The molecule has 1 aliphatic heterocycles. The first-order chi connectivity index (χ1) is 8.70. The van der Waals surface area contributed by atoms with Gasteiger partial charge >= 0.3 is 0 Å². The van der Waals surface area contributed by atoms with Crippen LogP contribution in [-0.2, 0) is 0 Å². The van der Waals surface area contributed by atoms with Gasteiger partial charge in [-0.3, -0.25) is 0 Å². The smallest absolute Gasteiger partial charge is 0.231 e. The van der Waals surface area contributed by atoms with Gasteiger partial charge in [0.05, 0.1) is 0 Å². The minimum absolute atomic E-state index is 0.305. The molecule has 1 aliphatic rings. The molecule has 1 N–H and O–H groups in total. The number of nitrogens with one attached hydrogen (secondary N) is 1. The number of fused-ring (bicyclic) bond motifs is 1. The molecule has 1 heterocycles. The molecule has 1 aromatic rings. The van der Waals surface area contributed by atoms with Crippen LogP contribution in [0.2, 0.25) is 0 Å². The van der Waals surface area contributed by atoms with E-state index >= 15 is 0 Å². The molecule has 0 saturated heterocycles. The van der Waals surface area contributed by atoms with Gasteiger partial charge in [0.15, 0.2) is 11.5 Å². The van der Waals surface area contributed by atoms with Crippen molar-refractivity contribution in [3.8, 4) is 11.5 Å².